The van der Waals surface area contributed by atoms with E-state index in [4.69, 9.17) is 9.84 Å². The van der Waals surface area contributed by atoms with Gasteiger partial charge in [0.25, 0.3) is 5.60 Å². The van der Waals surface area contributed by atoms with E-state index in [1.54, 1.807) is 45.0 Å². The Balaban J connectivity index is 0.00000301. The first-order valence-corrected chi connectivity index (χ1v) is 8.43. The second-order valence-electron chi connectivity index (χ2n) is 6.54. The number of rotatable bonds is 8. The summed E-state index contributed by atoms with van der Waals surface area (Å²) in [4.78, 5) is 33.8. The molecule has 1 aromatic rings. The van der Waals surface area contributed by atoms with Crippen LogP contribution < -0.4 is 0 Å². The number of carboxylic acid groups (broad SMARTS) is 3. The molecule has 26 heavy (non-hydrogen) atoms. The summed E-state index contributed by atoms with van der Waals surface area (Å²) < 4.78 is 5.38. The highest BCUT2D eigenvalue weighted by Crippen LogP contribution is 2.26. The molecule has 1 aromatic carbocycles. The maximum Gasteiger partial charge on any atom is 0.348 e. The number of hydrogen-bond donors (Lipinski definition) is 3. The maximum absolute atomic E-state index is 11.6. The number of benzene rings is 1. The molecule has 0 aliphatic heterocycles. The minimum absolute atomic E-state index is 0.0132. The molecule has 3 N–H and O–H groups in total. The number of hydrogen-bond acceptors (Lipinski definition) is 4. The van der Waals surface area contributed by atoms with E-state index < -0.39 is 29.1 Å². The quantitative estimate of drug-likeness (QED) is 0.603. The molecular formula is C19H28O7. The average Bonchev–Trinajstić information content (AvgIpc) is 2.53. The van der Waals surface area contributed by atoms with Crippen molar-refractivity contribution in [3.63, 3.8) is 0 Å². The fourth-order valence-corrected chi connectivity index (χ4v) is 2.25. The van der Waals surface area contributed by atoms with E-state index in [2.05, 4.69) is 0 Å². The van der Waals surface area contributed by atoms with Gasteiger partial charge in [0, 0.05) is 12.8 Å². The molecular weight excluding hydrogens is 340 g/mol. The third kappa shape index (κ3) is 7.23. The molecule has 0 fully saturated rings. The molecule has 0 aliphatic carbocycles. The van der Waals surface area contributed by atoms with Gasteiger partial charge in [0.15, 0.2) is 0 Å². The Morgan fingerprint density at radius 1 is 0.885 bits per heavy atom. The van der Waals surface area contributed by atoms with Crippen molar-refractivity contribution in [2.24, 2.45) is 0 Å². The van der Waals surface area contributed by atoms with Gasteiger partial charge in [0.1, 0.15) is 0 Å². The summed E-state index contributed by atoms with van der Waals surface area (Å²) in [6.07, 6.45) is -0.00801. The minimum atomic E-state index is -2.39. The van der Waals surface area contributed by atoms with Crippen LogP contribution in [0, 0.1) is 0 Å². The van der Waals surface area contributed by atoms with E-state index in [-0.39, 0.29) is 12.8 Å². The Morgan fingerprint density at radius 2 is 1.31 bits per heavy atom. The Bertz CT molecular complexity index is 598. The zero-order valence-corrected chi connectivity index (χ0v) is 15.9. The second kappa shape index (κ2) is 9.91. The smallest absolute Gasteiger partial charge is 0.348 e. The van der Waals surface area contributed by atoms with Gasteiger partial charge in [-0.15, -0.1) is 0 Å². The van der Waals surface area contributed by atoms with Crippen LogP contribution in [-0.4, -0.2) is 44.4 Å². The van der Waals surface area contributed by atoms with Gasteiger partial charge in [-0.25, -0.2) is 9.59 Å². The molecule has 0 radical (unpaired) electrons. The van der Waals surface area contributed by atoms with Crippen molar-refractivity contribution in [1.82, 2.24) is 0 Å². The summed E-state index contributed by atoms with van der Waals surface area (Å²) in [5, 5.41) is 27.6. The lowest BCUT2D eigenvalue weighted by molar-refractivity contribution is -0.199. The van der Waals surface area contributed by atoms with Crippen LogP contribution in [0.3, 0.4) is 0 Å². The summed E-state index contributed by atoms with van der Waals surface area (Å²) in [7, 11) is 0. The molecule has 0 saturated carbocycles. The van der Waals surface area contributed by atoms with Gasteiger partial charge >= 0.3 is 17.9 Å². The van der Waals surface area contributed by atoms with Crippen LogP contribution in [0.1, 0.15) is 52.2 Å². The van der Waals surface area contributed by atoms with E-state index in [0.29, 0.717) is 12.0 Å². The lowest BCUT2D eigenvalue weighted by Gasteiger charge is -2.33. The summed E-state index contributed by atoms with van der Waals surface area (Å²) in [6, 6.07) is 6.49. The van der Waals surface area contributed by atoms with Crippen LogP contribution in [-0.2, 0) is 32.0 Å². The molecule has 0 unspecified atom stereocenters. The predicted molar refractivity (Wildman–Crippen MR) is 96.3 cm³/mol. The standard InChI is InChI=1S/C17H22O7.C2H6/c1-16(2,3)24-17(14(20)21,15(22)23)10-12-6-4-11(5-7-12)8-9-13(18)19;1-2/h4-7H,8-10H2,1-3H3,(H,18,19)(H,20,21)(H,22,23);1-2H3. The maximum atomic E-state index is 11.6. The molecule has 146 valence electrons. The van der Waals surface area contributed by atoms with Crippen LogP contribution in [0.2, 0.25) is 0 Å². The van der Waals surface area contributed by atoms with Crippen molar-refractivity contribution in [2.45, 2.75) is 65.1 Å². The van der Waals surface area contributed by atoms with Crippen molar-refractivity contribution < 1.29 is 34.4 Å². The largest absolute Gasteiger partial charge is 0.481 e. The fraction of sp³-hybridized carbons (Fsp3) is 0.526. The highest BCUT2D eigenvalue weighted by atomic mass is 16.6. The topological polar surface area (TPSA) is 121 Å². The highest BCUT2D eigenvalue weighted by Gasteiger charge is 2.50. The highest BCUT2D eigenvalue weighted by molar-refractivity contribution is 6.02. The number of aliphatic carboxylic acids is 3. The first-order chi connectivity index (χ1) is 12.0. The van der Waals surface area contributed by atoms with Crippen LogP contribution in [0.5, 0.6) is 0 Å². The summed E-state index contributed by atoms with van der Waals surface area (Å²) in [5.74, 6) is -4.05. The van der Waals surface area contributed by atoms with E-state index >= 15 is 0 Å². The molecule has 0 spiro atoms. The van der Waals surface area contributed by atoms with Gasteiger partial charge in [-0.1, -0.05) is 38.1 Å². The number of aryl methyl sites for hydroxylation is 1. The van der Waals surface area contributed by atoms with E-state index in [9.17, 15) is 24.6 Å². The second-order valence-corrected chi connectivity index (χ2v) is 6.54. The third-order valence-electron chi connectivity index (χ3n) is 3.27. The Morgan fingerprint density at radius 3 is 1.65 bits per heavy atom. The van der Waals surface area contributed by atoms with Gasteiger partial charge in [-0.05, 0) is 38.3 Å². The molecule has 0 bridgehead atoms. The van der Waals surface area contributed by atoms with Gasteiger partial charge in [0.05, 0.1) is 5.60 Å². The summed E-state index contributed by atoms with van der Waals surface area (Å²) >= 11 is 0. The predicted octanol–water partition coefficient (Wildman–Crippen LogP) is 3.00. The average molecular weight is 368 g/mol. The number of carboxylic acids is 3. The first kappa shape index (κ1) is 23.6. The molecule has 1 rings (SSSR count). The number of ether oxygens (including phenoxy) is 1. The van der Waals surface area contributed by atoms with Gasteiger partial charge in [-0.2, -0.15) is 0 Å². The first-order valence-electron chi connectivity index (χ1n) is 8.43. The van der Waals surface area contributed by atoms with Crippen molar-refractivity contribution in [3.8, 4) is 0 Å². The summed E-state index contributed by atoms with van der Waals surface area (Å²) in [5.41, 5.74) is -2.10. The lowest BCUT2D eigenvalue weighted by Crippen LogP contribution is -2.54. The Hall–Kier alpha value is -2.41. The van der Waals surface area contributed by atoms with Crippen molar-refractivity contribution in [3.05, 3.63) is 35.4 Å². The monoisotopic (exact) mass is 368 g/mol. The SMILES string of the molecule is CC.CC(C)(C)OC(Cc1ccc(CCC(=O)O)cc1)(C(=O)O)C(=O)O. The molecule has 7 nitrogen and oxygen atoms in total. The molecule has 0 heterocycles. The molecule has 0 aliphatic rings. The zero-order valence-electron chi connectivity index (χ0n) is 15.9. The normalized spacial score (nSPS) is 11.3. The molecule has 0 aromatic heterocycles. The van der Waals surface area contributed by atoms with E-state index in [0.717, 1.165) is 5.56 Å². The van der Waals surface area contributed by atoms with Gasteiger partial charge in [-0.3, -0.25) is 4.79 Å². The van der Waals surface area contributed by atoms with Crippen molar-refractivity contribution in [2.75, 3.05) is 0 Å². The molecule has 0 atom stereocenters. The lowest BCUT2D eigenvalue weighted by atomic mass is 9.92. The molecule has 0 amide bonds. The molecule has 7 heteroatoms. The van der Waals surface area contributed by atoms with Crippen LogP contribution in [0.4, 0.5) is 0 Å². The molecule has 0 saturated heterocycles. The van der Waals surface area contributed by atoms with Crippen molar-refractivity contribution in [1.29, 1.82) is 0 Å². The summed E-state index contributed by atoms with van der Waals surface area (Å²) in [6.45, 7) is 8.76. The Labute approximate surface area is 153 Å². The van der Waals surface area contributed by atoms with Crippen LogP contribution >= 0.6 is 0 Å². The van der Waals surface area contributed by atoms with Crippen molar-refractivity contribution >= 4 is 17.9 Å². The zero-order chi connectivity index (χ0) is 20.5. The minimum Gasteiger partial charge on any atom is -0.481 e. The van der Waals surface area contributed by atoms with E-state index in [1.165, 1.54) is 0 Å². The fourth-order valence-electron chi connectivity index (χ4n) is 2.25. The number of carbonyl (C=O) groups is 3. The third-order valence-corrected chi connectivity index (χ3v) is 3.27. The van der Waals surface area contributed by atoms with Gasteiger partial charge < -0.3 is 20.1 Å². The Kier molecular flexibility index (Phi) is 9.00. The van der Waals surface area contributed by atoms with E-state index in [1.807, 2.05) is 13.8 Å². The van der Waals surface area contributed by atoms with Crippen LogP contribution in [0.25, 0.3) is 0 Å². The van der Waals surface area contributed by atoms with Gasteiger partial charge in [0.2, 0.25) is 0 Å². The van der Waals surface area contributed by atoms with Crippen LogP contribution in [0.15, 0.2) is 24.3 Å².